The van der Waals surface area contributed by atoms with E-state index in [-0.39, 0.29) is 18.0 Å². The average Bonchev–Trinajstić information content (AvgIpc) is 2.79. The first-order chi connectivity index (χ1) is 15.3. The maximum absolute atomic E-state index is 13.3. The molecule has 0 spiro atoms. The highest BCUT2D eigenvalue weighted by molar-refractivity contribution is 7.89. The number of benzene rings is 3. The molecule has 3 aromatic carbocycles. The molecular weight excluding hydrogens is 424 g/mol. The zero-order valence-electron chi connectivity index (χ0n) is 18.5. The number of hydrogen-bond acceptors (Lipinski definition) is 4. The van der Waals surface area contributed by atoms with Crippen molar-refractivity contribution in [3.8, 4) is 5.75 Å². The maximum atomic E-state index is 13.3. The molecular formula is C25H28N2O4S. The number of hydrogen-bond donors (Lipinski definition) is 1. The molecule has 6 nitrogen and oxygen atoms in total. The lowest BCUT2D eigenvalue weighted by molar-refractivity contribution is -0.116. The Hall–Kier alpha value is -3.16. The average molecular weight is 453 g/mol. The van der Waals surface area contributed by atoms with Gasteiger partial charge in [-0.1, -0.05) is 56.3 Å². The predicted molar refractivity (Wildman–Crippen MR) is 126 cm³/mol. The number of carbonyl (C=O) groups is 1. The summed E-state index contributed by atoms with van der Waals surface area (Å²) in [6, 6.07) is 22.9. The van der Waals surface area contributed by atoms with Crippen molar-refractivity contribution in [2.24, 2.45) is 0 Å². The van der Waals surface area contributed by atoms with Crippen LogP contribution in [-0.2, 0) is 21.4 Å². The minimum atomic E-state index is -3.91. The third-order valence-corrected chi connectivity index (χ3v) is 6.89. The summed E-state index contributed by atoms with van der Waals surface area (Å²) in [5.41, 5.74) is 2.58. The fourth-order valence-corrected chi connectivity index (χ4v) is 4.61. The lowest BCUT2D eigenvalue weighted by Crippen LogP contribution is -2.37. The van der Waals surface area contributed by atoms with Crippen LogP contribution < -0.4 is 10.1 Å². The van der Waals surface area contributed by atoms with Crippen molar-refractivity contribution in [3.05, 3.63) is 90.0 Å². The molecule has 0 aromatic heterocycles. The lowest BCUT2D eigenvalue weighted by Gasteiger charge is -2.22. The molecule has 0 heterocycles. The van der Waals surface area contributed by atoms with E-state index < -0.39 is 15.9 Å². The zero-order chi connectivity index (χ0) is 23.1. The monoisotopic (exact) mass is 452 g/mol. The van der Waals surface area contributed by atoms with Crippen molar-refractivity contribution in [3.63, 3.8) is 0 Å². The van der Waals surface area contributed by atoms with E-state index in [1.54, 1.807) is 12.1 Å². The van der Waals surface area contributed by atoms with Gasteiger partial charge >= 0.3 is 0 Å². The van der Waals surface area contributed by atoms with Gasteiger partial charge in [0.25, 0.3) is 0 Å². The van der Waals surface area contributed by atoms with Gasteiger partial charge in [-0.3, -0.25) is 4.79 Å². The van der Waals surface area contributed by atoms with Crippen molar-refractivity contribution in [1.29, 1.82) is 0 Å². The molecule has 32 heavy (non-hydrogen) atoms. The Kier molecular flexibility index (Phi) is 7.66. The van der Waals surface area contributed by atoms with E-state index in [1.807, 2.05) is 54.6 Å². The molecule has 0 bridgehead atoms. The molecule has 0 atom stereocenters. The Morgan fingerprint density at radius 2 is 1.56 bits per heavy atom. The van der Waals surface area contributed by atoms with E-state index >= 15 is 0 Å². The van der Waals surface area contributed by atoms with Crippen molar-refractivity contribution >= 4 is 21.6 Å². The highest BCUT2D eigenvalue weighted by Gasteiger charge is 2.27. The van der Waals surface area contributed by atoms with Gasteiger partial charge in [0.05, 0.1) is 18.6 Å². The summed E-state index contributed by atoms with van der Waals surface area (Å²) in [7, 11) is -2.40. The number of rotatable bonds is 9. The van der Waals surface area contributed by atoms with Gasteiger partial charge in [0.15, 0.2) is 0 Å². The van der Waals surface area contributed by atoms with Gasteiger partial charge in [0, 0.05) is 12.2 Å². The van der Waals surface area contributed by atoms with Gasteiger partial charge < -0.3 is 10.1 Å². The van der Waals surface area contributed by atoms with Crippen LogP contribution in [0.4, 0.5) is 5.69 Å². The quantitative estimate of drug-likeness (QED) is 0.513. The van der Waals surface area contributed by atoms with Crippen molar-refractivity contribution in [2.75, 3.05) is 19.0 Å². The molecule has 0 saturated carbocycles. The molecule has 3 aromatic rings. The molecule has 0 aliphatic carbocycles. The minimum absolute atomic E-state index is 0.0783. The van der Waals surface area contributed by atoms with Gasteiger partial charge in [-0.2, -0.15) is 4.31 Å². The molecule has 1 N–H and O–H groups in total. The second-order valence-corrected chi connectivity index (χ2v) is 9.70. The van der Waals surface area contributed by atoms with Gasteiger partial charge in [-0.15, -0.1) is 0 Å². The number of methoxy groups -OCH3 is 1. The summed E-state index contributed by atoms with van der Waals surface area (Å²) in [4.78, 5) is 12.9. The summed E-state index contributed by atoms with van der Waals surface area (Å²) in [5.74, 6) is 0.534. The molecule has 1 amide bonds. The van der Waals surface area contributed by atoms with Crippen LogP contribution in [0.25, 0.3) is 0 Å². The molecule has 3 rings (SSSR count). The van der Waals surface area contributed by atoms with Gasteiger partial charge in [-0.05, 0) is 53.4 Å². The van der Waals surface area contributed by atoms with E-state index in [9.17, 15) is 13.2 Å². The molecule has 0 saturated heterocycles. The number of carbonyl (C=O) groups excluding carboxylic acids is 1. The normalized spacial score (nSPS) is 11.5. The third kappa shape index (κ3) is 5.96. The van der Waals surface area contributed by atoms with E-state index in [1.165, 1.54) is 23.5 Å². The van der Waals surface area contributed by atoms with Crippen molar-refractivity contribution in [2.45, 2.75) is 31.2 Å². The summed E-state index contributed by atoms with van der Waals surface area (Å²) >= 11 is 0. The van der Waals surface area contributed by atoms with Gasteiger partial charge in [-0.25, -0.2) is 8.42 Å². The topological polar surface area (TPSA) is 75.7 Å². The van der Waals surface area contributed by atoms with Crippen LogP contribution in [0.15, 0.2) is 83.8 Å². The van der Waals surface area contributed by atoms with Gasteiger partial charge in [0.2, 0.25) is 15.9 Å². The Morgan fingerprint density at radius 3 is 2.12 bits per heavy atom. The Bertz CT molecular complexity index is 1130. The molecule has 0 radical (unpaired) electrons. The fraction of sp³-hybridized carbons (Fsp3) is 0.240. The predicted octanol–water partition coefficient (Wildman–Crippen LogP) is 4.65. The molecule has 0 unspecified atom stereocenters. The second-order valence-electron chi connectivity index (χ2n) is 7.76. The maximum Gasteiger partial charge on any atom is 0.243 e. The second kappa shape index (κ2) is 10.4. The molecule has 0 aliphatic rings. The molecule has 7 heteroatoms. The van der Waals surface area contributed by atoms with E-state index in [0.29, 0.717) is 17.4 Å². The number of nitrogens with one attached hydrogen (secondary N) is 1. The smallest absolute Gasteiger partial charge is 0.243 e. The first-order valence-electron chi connectivity index (χ1n) is 10.4. The highest BCUT2D eigenvalue weighted by atomic mass is 32.2. The summed E-state index contributed by atoms with van der Waals surface area (Å²) in [5, 5.41) is 2.80. The summed E-state index contributed by atoms with van der Waals surface area (Å²) in [6.07, 6.45) is 0. The van der Waals surface area contributed by atoms with Gasteiger partial charge in [0.1, 0.15) is 5.75 Å². The largest absolute Gasteiger partial charge is 0.497 e. The highest BCUT2D eigenvalue weighted by Crippen LogP contribution is 2.22. The Balaban J connectivity index is 1.82. The zero-order valence-corrected chi connectivity index (χ0v) is 19.3. The first-order valence-corrected chi connectivity index (χ1v) is 11.8. The molecule has 168 valence electrons. The number of ether oxygens (including phenoxy) is 1. The standard InChI is InChI=1S/C25H28N2O4S/c1-19(2)21-9-11-22(12-10-21)26-25(28)18-27(17-20-7-5-4-6-8-20)32(29,30)24-15-13-23(31-3)14-16-24/h4-16,19H,17-18H2,1-3H3,(H,26,28). The number of nitrogens with zero attached hydrogens (tertiary/aromatic N) is 1. The van der Waals surface area contributed by atoms with Crippen LogP contribution in [0.5, 0.6) is 5.75 Å². The number of sulfonamides is 1. The lowest BCUT2D eigenvalue weighted by atomic mass is 10.0. The Morgan fingerprint density at radius 1 is 0.938 bits per heavy atom. The van der Waals surface area contributed by atoms with E-state index in [0.717, 1.165) is 11.1 Å². The van der Waals surface area contributed by atoms with Crippen LogP contribution in [0.1, 0.15) is 30.9 Å². The Labute approximate surface area is 189 Å². The number of amides is 1. The fourth-order valence-electron chi connectivity index (χ4n) is 3.22. The van der Waals surface area contributed by atoms with Crippen LogP contribution in [0.3, 0.4) is 0 Å². The summed E-state index contributed by atoms with van der Waals surface area (Å²) in [6.45, 7) is 3.96. The minimum Gasteiger partial charge on any atom is -0.497 e. The van der Waals surface area contributed by atoms with Crippen molar-refractivity contribution < 1.29 is 17.9 Å². The van der Waals surface area contributed by atoms with Crippen LogP contribution in [-0.4, -0.2) is 32.3 Å². The van der Waals surface area contributed by atoms with Crippen LogP contribution in [0.2, 0.25) is 0 Å². The van der Waals surface area contributed by atoms with Crippen LogP contribution >= 0.6 is 0 Å². The van der Waals surface area contributed by atoms with E-state index in [2.05, 4.69) is 19.2 Å². The first kappa shape index (κ1) is 23.5. The third-order valence-electron chi connectivity index (χ3n) is 5.08. The van der Waals surface area contributed by atoms with E-state index in [4.69, 9.17) is 4.74 Å². The van der Waals surface area contributed by atoms with Crippen LogP contribution in [0, 0.1) is 0 Å². The van der Waals surface area contributed by atoms with Crippen molar-refractivity contribution in [1.82, 2.24) is 4.31 Å². The summed E-state index contributed by atoms with van der Waals surface area (Å²) < 4.78 is 33.0. The molecule has 0 fully saturated rings. The number of anilines is 1. The SMILES string of the molecule is COc1ccc(S(=O)(=O)N(CC(=O)Nc2ccc(C(C)C)cc2)Cc2ccccc2)cc1. The molecule has 0 aliphatic heterocycles.